The lowest BCUT2D eigenvalue weighted by Gasteiger charge is -2.52. The Morgan fingerprint density at radius 3 is 1.16 bits per heavy atom. The van der Waals surface area contributed by atoms with Gasteiger partial charge in [-0.1, -0.05) is 27.7 Å². The smallest absolute Gasteiger partial charge is 0.364 e. The van der Waals surface area contributed by atoms with Gasteiger partial charge < -0.3 is 239 Å². The number of carboxylic acid groups (broad SMARTS) is 1. The molecule has 0 amide bonds. The first-order valence-corrected chi connectivity index (χ1v) is 39.0. The molecule has 10 saturated heterocycles. The molecule has 0 bridgehead atoms. The van der Waals surface area contributed by atoms with Crippen LogP contribution in [0.25, 0.3) is 0 Å². The summed E-state index contributed by atoms with van der Waals surface area (Å²) < 4.78 is 114. The van der Waals surface area contributed by atoms with Crippen LogP contribution in [0.3, 0.4) is 0 Å². The van der Waals surface area contributed by atoms with Crippen LogP contribution in [0.5, 0.6) is 0 Å². The molecule has 0 aliphatic carbocycles. The van der Waals surface area contributed by atoms with E-state index in [0.717, 1.165) is 0 Å². The van der Waals surface area contributed by atoms with Crippen molar-refractivity contribution in [2.75, 3.05) is 59.5 Å². The predicted molar refractivity (Wildman–Crippen MR) is 369 cm³/mol. The summed E-state index contributed by atoms with van der Waals surface area (Å²) >= 11 is 0. The van der Waals surface area contributed by atoms with Crippen LogP contribution >= 0.6 is 0 Å². The number of ether oxygens (including phenoxy) is 19. The second kappa shape index (κ2) is 41.6. The molecule has 10 aliphatic heterocycles. The zero-order valence-corrected chi connectivity index (χ0v) is 64.8. The molecule has 0 aromatic heterocycles. The molecule has 21 unspecified atom stereocenters. The van der Waals surface area contributed by atoms with Crippen molar-refractivity contribution in [3.05, 3.63) is 0 Å². The van der Waals surface area contributed by atoms with Crippen molar-refractivity contribution in [1.29, 1.82) is 0 Å². The molecule has 0 aromatic rings. The molecule has 49 nitrogen and oxygen atoms in total. The van der Waals surface area contributed by atoms with E-state index in [4.69, 9.17) is 95.7 Å². The molecule has 10 rings (SSSR count). The van der Waals surface area contributed by atoms with Crippen LogP contribution in [0.15, 0.2) is 0 Å². The van der Waals surface area contributed by atoms with Gasteiger partial charge in [-0.25, -0.2) is 4.79 Å². The Labute approximate surface area is 672 Å². The summed E-state index contributed by atoms with van der Waals surface area (Å²) in [6.45, 7) is -0.469. The molecule has 0 radical (unpaired) electrons. The molecule has 10 aliphatic rings. The number of aliphatic carboxylic acids is 1. The van der Waals surface area contributed by atoms with E-state index in [2.05, 4.69) is 0 Å². The average molecular weight is 1730 g/mol. The number of carboxylic acids is 1. The van der Waals surface area contributed by atoms with Crippen LogP contribution in [0, 0.1) is 29.6 Å². The van der Waals surface area contributed by atoms with E-state index in [1.807, 2.05) is 0 Å². The fourth-order valence-corrected chi connectivity index (χ4v) is 16.4. The topological polar surface area (TPSA) is 785 Å². The number of hydrogen-bond acceptors (Lipinski definition) is 48. The third-order valence-electron chi connectivity index (χ3n) is 24.1. The van der Waals surface area contributed by atoms with Crippen LogP contribution < -0.4 is 5.73 Å². The largest absolute Gasteiger partial charge is 0.477 e. The predicted octanol–water partition coefficient (Wildman–Crippen LogP) is -16.9. The number of carbonyl (C=O) groups is 1. The molecule has 49 heteroatoms. The van der Waals surface area contributed by atoms with Crippen LogP contribution in [0.1, 0.15) is 48.0 Å². The molecule has 0 aromatic carbocycles. The van der Waals surface area contributed by atoms with Crippen LogP contribution in [0.2, 0.25) is 0 Å². The van der Waals surface area contributed by atoms with Crippen LogP contribution in [-0.4, -0.2) is 497 Å². The van der Waals surface area contributed by atoms with E-state index < -0.39 is 390 Å². The van der Waals surface area contributed by atoms with E-state index in [9.17, 15) is 148 Å². The summed E-state index contributed by atoms with van der Waals surface area (Å²) in [5.74, 6) is -11.6. The highest BCUT2D eigenvalue weighted by molar-refractivity contribution is 5.76. The van der Waals surface area contributed by atoms with Crippen molar-refractivity contribution < 1.29 is 238 Å². The summed E-state index contributed by atoms with van der Waals surface area (Å²) in [7, 11) is 0. The van der Waals surface area contributed by atoms with E-state index in [-0.39, 0.29) is 0 Å². The Kier molecular flexibility index (Phi) is 34.4. The highest BCUT2D eigenvalue weighted by Gasteiger charge is 2.63. The fourth-order valence-electron chi connectivity index (χ4n) is 16.4. The average Bonchev–Trinajstić information content (AvgIpc) is 0.752. The van der Waals surface area contributed by atoms with Gasteiger partial charge in [-0.15, -0.1) is 0 Å². The lowest BCUT2D eigenvalue weighted by atomic mass is 9.86. The Morgan fingerprint density at radius 1 is 0.364 bits per heavy atom. The van der Waals surface area contributed by atoms with Crippen molar-refractivity contribution in [3.8, 4) is 0 Å². The van der Waals surface area contributed by atoms with Crippen molar-refractivity contribution in [1.82, 2.24) is 0 Å². The molecule has 688 valence electrons. The minimum atomic E-state index is -3.15. The monoisotopic (exact) mass is 1730 g/mol. The summed E-state index contributed by atoms with van der Waals surface area (Å²) in [5.41, 5.74) is 6.03. The van der Waals surface area contributed by atoms with E-state index in [1.165, 1.54) is 27.7 Å². The van der Waals surface area contributed by atoms with Gasteiger partial charge in [-0.05, 0) is 13.8 Å². The third kappa shape index (κ3) is 20.1. The number of nitrogens with two attached hydrogens (primary N) is 1. The van der Waals surface area contributed by atoms with Crippen molar-refractivity contribution in [2.45, 2.75) is 336 Å². The second-order valence-electron chi connectivity index (χ2n) is 31.8. The molecule has 10 heterocycles. The Balaban J connectivity index is 0.915. The summed E-state index contributed by atoms with van der Waals surface area (Å²) in [4.78, 5) is 13.2. The Morgan fingerprint density at radius 2 is 0.720 bits per heavy atom. The first kappa shape index (κ1) is 97.8. The van der Waals surface area contributed by atoms with Gasteiger partial charge in [0.15, 0.2) is 56.6 Å². The van der Waals surface area contributed by atoms with Gasteiger partial charge in [0, 0.05) is 30.1 Å². The highest BCUT2D eigenvalue weighted by atomic mass is 16.8. The van der Waals surface area contributed by atoms with Gasteiger partial charge in [-0.2, -0.15) is 0 Å². The van der Waals surface area contributed by atoms with Gasteiger partial charge in [0.1, 0.15) is 177 Å². The van der Waals surface area contributed by atoms with Gasteiger partial charge in [0.2, 0.25) is 0 Å². The zero-order valence-electron chi connectivity index (χ0n) is 64.8. The van der Waals surface area contributed by atoms with E-state index >= 15 is 0 Å². The van der Waals surface area contributed by atoms with Crippen molar-refractivity contribution in [2.24, 2.45) is 35.3 Å². The quantitative estimate of drug-likeness (QED) is 0.0287. The number of rotatable bonds is 31. The van der Waals surface area contributed by atoms with Crippen LogP contribution in [0.4, 0.5) is 0 Å². The summed E-state index contributed by atoms with van der Waals surface area (Å²) in [6.07, 6.45) is -86.3. The SMILES string of the molecule is CC1C(O)[C@H](O[C@@H]2OC(CO)[C@H](O)C(O)[C@@H]2O)[C@H](CO)O[C@H]1O[C@@H]1C(O)[C@H](O)C(CO)O[C@@H]1OCC1O[C@@H](O[C@@H]2C(CO)O[C@@H](O[C@@H]3C(CO)O[C@@H](C)[C@@H](C)C3O)[C@@H](C)C2O)C(O)[C@@H](OC2O[C@H](CO)[C@@H](O)C(O)C2O[C@@H]2OC(CO)[C@@H](O[C@@H]3OC(C)[C@H](C(O)O)C(O[C@]4(C(=O)O)C[C@@H](O)[C@@H](N)C(C(O)[C@H](O)CO)O4)[C@@H]3O)C(O)[C@@H]2C)[C@@H]1O. The molecule has 0 spiro atoms. The minimum Gasteiger partial charge on any atom is -0.477 e. The first-order chi connectivity index (χ1) is 55.7. The molecule has 10 fully saturated rings. The lowest BCUT2D eigenvalue weighted by Crippen LogP contribution is -2.69. The van der Waals surface area contributed by atoms with Gasteiger partial charge in [0.25, 0.3) is 5.79 Å². The standard InChI is InChI=1S/C69H119NO48/c1-17-21(5)101-28(12-75)50(35(17)81)110-60-18(2)36(82)53(31(15-78)106-60)113-65-49(95)56(43(89)32(109-65)16-100-66-57(45(91)41(87)26(10-73)104-66)115-61-19(3)37(83)51(29(13-76)107-61)111-63-47(93)44(90)40(86)25(9-72)103-63)114-67-58(46(92)42(88)27(11-74)105-67)116-62-20(4)38(84)52(30(14-77)108-62)112-64-48(94)54(33(59(96)97)22(6)102-64)117-69(68(98)99)7-23(79)34(70)55(118-69)39(85)24(80)8-71/h17-67,71-97H,7-16,70H2,1-6H3,(H,98,99)/t17-,18+,19?,20+,21+,22?,23-,24-,25?,26?,27-,28?,29+,30?,31?,32?,33+,34-,35?,36?,37?,38?,39?,40+,41-,42-,43-,44?,45?,46?,47+,48+,49?,50-,51-,52-,53-,54?,55?,56+,57-,58?,60+,61+,62+,63+,64+,65+,66+,67?,69-/m1/s1. The fraction of sp³-hybridized carbons (Fsp3) is 0.986. The first-order valence-electron chi connectivity index (χ1n) is 39.0. The van der Waals surface area contributed by atoms with Gasteiger partial charge in [0.05, 0.1) is 114 Å². The molecular weight excluding hydrogens is 1610 g/mol. The molecule has 51 atom stereocenters. The summed E-state index contributed by atoms with van der Waals surface area (Å²) in [6, 6.07) is -1.65. The maximum Gasteiger partial charge on any atom is 0.364 e. The van der Waals surface area contributed by atoms with Crippen molar-refractivity contribution >= 4 is 5.97 Å². The maximum atomic E-state index is 13.2. The van der Waals surface area contributed by atoms with Crippen LogP contribution in [-0.2, 0) is 94.8 Å². The number of aliphatic hydroxyl groups is 27. The maximum absolute atomic E-state index is 13.2. The highest BCUT2D eigenvalue weighted by Crippen LogP contribution is 2.45. The number of aliphatic hydroxyl groups excluding tert-OH is 26. The van der Waals surface area contributed by atoms with Gasteiger partial charge >= 0.3 is 5.97 Å². The molecule has 118 heavy (non-hydrogen) atoms. The normalized spacial score (nSPS) is 51.8. The third-order valence-corrected chi connectivity index (χ3v) is 24.1. The molecular formula is C69H119NO48. The Hall–Kier alpha value is -2.41. The van der Waals surface area contributed by atoms with E-state index in [0.29, 0.717) is 0 Å². The summed E-state index contributed by atoms with van der Waals surface area (Å²) in [5, 5.41) is 310. The second-order valence-corrected chi connectivity index (χ2v) is 31.8. The van der Waals surface area contributed by atoms with Crippen molar-refractivity contribution in [3.63, 3.8) is 0 Å². The zero-order chi connectivity index (χ0) is 87.0. The Bertz CT molecular complexity index is 3060. The lowest BCUT2D eigenvalue weighted by molar-refractivity contribution is -0.404. The molecule has 30 N–H and O–H groups in total. The van der Waals surface area contributed by atoms with Gasteiger partial charge in [-0.3, -0.25) is 0 Å². The number of hydrogen-bond donors (Lipinski definition) is 29. The van der Waals surface area contributed by atoms with E-state index in [1.54, 1.807) is 13.8 Å². The molecule has 0 saturated carbocycles. The minimum absolute atomic E-state index is 0.556.